The van der Waals surface area contributed by atoms with Crippen LogP contribution in [0.5, 0.6) is 0 Å². The number of hydrogen-bond donors (Lipinski definition) is 2. The van der Waals surface area contributed by atoms with Gasteiger partial charge in [-0.3, -0.25) is 4.79 Å². The zero-order chi connectivity index (χ0) is 15.3. The van der Waals surface area contributed by atoms with Gasteiger partial charge in [0.1, 0.15) is 11.9 Å². The molecule has 5 nitrogen and oxygen atoms in total. The normalized spacial score (nSPS) is 12.0. The summed E-state index contributed by atoms with van der Waals surface area (Å²) in [7, 11) is 0. The Morgan fingerprint density at radius 2 is 2.15 bits per heavy atom. The van der Waals surface area contributed by atoms with E-state index in [0.717, 1.165) is 11.3 Å². The Kier molecular flexibility index (Phi) is 5.51. The maximum absolute atomic E-state index is 11.2. The smallest absolute Gasteiger partial charge is 0.308 e. The minimum absolute atomic E-state index is 0.276. The van der Waals surface area contributed by atoms with Gasteiger partial charge in [-0.25, -0.2) is 4.98 Å². The first kappa shape index (κ1) is 16.0. The highest BCUT2D eigenvalue weighted by atomic mass is 16.4. The van der Waals surface area contributed by atoms with Crippen molar-refractivity contribution in [2.24, 2.45) is 11.8 Å². The van der Waals surface area contributed by atoms with Crippen LogP contribution in [0.3, 0.4) is 0 Å². The molecule has 1 heterocycles. The summed E-state index contributed by atoms with van der Waals surface area (Å²) < 4.78 is 0. The third-order valence-electron chi connectivity index (χ3n) is 3.08. The van der Waals surface area contributed by atoms with Gasteiger partial charge < -0.3 is 10.4 Å². The third kappa shape index (κ3) is 4.23. The highest BCUT2D eigenvalue weighted by Gasteiger charge is 2.19. The monoisotopic (exact) mass is 275 g/mol. The zero-order valence-electron chi connectivity index (χ0n) is 12.4. The van der Waals surface area contributed by atoms with E-state index in [0.29, 0.717) is 23.7 Å². The fourth-order valence-corrected chi connectivity index (χ4v) is 2.17. The molecule has 0 bridgehead atoms. The Bertz CT molecular complexity index is 533. The minimum atomic E-state index is -0.825. The number of carboxylic acids is 1. The number of aryl methyl sites for hydroxylation is 2. The van der Waals surface area contributed by atoms with E-state index in [4.69, 9.17) is 5.26 Å². The quantitative estimate of drug-likeness (QED) is 0.833. The van der Waals surface area contributed by atoms with Crippen LogP contribution in [-0.4, -0.2) is 22.6 Å². The van der Waals surface area contributed by atoms with Gasteiger partial charge in [-0.15, -0.1) is 0 Å². The first-order valence-electron chi connectivity index (χ1n) is 6.70. The van der Waals surface area contributed by atoms with Crippen LogP contribution < -0.4 is 5.32 Å². The average molecular weight is 275 g/mol. The third-order valence-corrected chi connectivity index (χ3v) is 3.08. The SMILES string of the molecule is Cc1cc(C)c(C#N)c(NCC(CC(C)C)C(=O)O)n1. The van der Waals surface area contributed by atoms with Gasteiger partial charge in [-0.2, -0.15) is 5.26 Å². The molecule has 0 radical (unpaired) electrons. The molecular formula is C15H21N3O2. The zero-order valence-corrected chi connectivity index (χ0v) is 12.4. The predicted molar refractivity (Wildman–Crippen MR) is 77.5 cm³/mol. The minimum Gasteiger partial charge on any atom is -0.481 e. The molecule has 0 aromatic carbocycles. The van der Waals surface area contributed by atoms with E-state index in [1.807, 2.05) is 33.8 Å². The van der Waals surface area contributed by atoms with Crippen LogP contribution in [0.25, 0.3) is 0 Å². The van der Waals surface area contributed by atoms with E-state index < -0.39 is 11.9 Å². The van der Waals surface area contributed by atoms with Crippen LogP contribution in [0.2, 0.25) is 0 Å². The molecule has 1 atom stereocenters. The lowest BCUT2D eigenvalue weighted by atomic mass is 9.97. The van der Waals surface area contributed by atoms with Gasteiger partial charge in [0.05, 0.1) is 11.5 Å². The molecule has 2 N–H and O–H groups in total. The first-order chi connectivity index (χ1) is 9.35. The molecule has 1 aromatic rings. The Hall–Kier alpha value is -2.09. The van der Waals surface area contributed by atoms with Crippen molar-refractivity contribution in [2.75, 3.05) is 11.9 Å². The lowest BCUT2D eigenvalue weighted by Gasteiger charge is -2.17. The topological polar surface area (TPSA) is 86.0 Å². The standard InChI is InChI=1S/C15H21N3O2/c1-9(2)5-12(15(19)20)8-17-14-13(7-16)10(3)6-11(4)18-14/h6,9,12H,5,8H2,1-4H3,(H,17,18)(H,19,20). The number of nitrogens with zero attached hydrogens (tertiary/aromatic N) is 2. The summed E-state index contributed by atoms with van der Waals surface area (Å²) in [4.78, 5) is 15.5. The second-order valence-corrected chi connectivity index (χ2v) is 5.46. The van der Waals surface area contributed by atoms with E-state index in [2.05, 4.69) is 16.4 Å². The molecule has 0 aliphatic carbocycles. The molecular weight excluding hydrogens is 254 g/mol. The van der Waals surface area contributed by atoms with E-state index in [1.165, 1.54) is 0 Å². The number of nitriles is 1. The number of aliphatic carboxylic acids is 1. The summed E-state index contributed by atoms with van der Waals surface area (Å²) in [5.41, 5.74) is 2.13. The summed E-state index contributed by atoms with van der Waals surface area (Å²) in [5.74, 6) is -0.529. The molecule has 0 amide bonds. The molecule has 0 fully saturated rings. The largest absolute Gasteiger partial charge is 0.481 e. The van der Waals surface area contributed by atoms with Crippen molar-refractivity contribution < 1.29 is 9.90 Å². The summed E-state index contributed by atoms with van der Waals surface area (Å²) >= 11 is 0. The van der Waals surface area contributed by atoms with Crippen molar-refractivity contribution in [3.05, 3.63) is 22.9 Å². The lowest BCUT2D eigenvalue weighted by molar-refractivity contribution is -0.141. The maximum Gasteiger partial charge on any atom is 0.308 e. The van der Waals surface area contributed by atoms with Crippen LogP contribution in [-0.2, 0) is 4.79 Å². The summed E-state index contributed by atoms with van der Waals surface area (Å²) in [6.45, 7) is 7.96. The number of pyridine rings is 1. The molecule has 0 aliphatic heterocycles. The van der Waals surface area contributed by atoms with Crippen molar-refractivity contribution in [3.8, 4) is 6.07 Å². The van der Waals surface area contributed by atoms with Gasteiger partial charge in [-0.05, 0) is 37.8 Å². The van der Waals surface area contributed by atoms with E-state index in [1.54, 1.807) is 0 Å². The summed E-state index contributed by atoms with van der Waals surface area (Å²) in [6.07, 6.45) is 0.592. The van der Waals surface area contributed by atoms with E-state index in [-0.39, 0.29) is 6.54 Å². The molecule has 20 heavy (non-hydrogen) atoms. The second kappa shape index (κ2) is 6.90. The molecule has 1 aromatic heterocycles. The predicted octanol–water partition coefficient (Wildman–Crippen LogP) is 2.73. The Morgan fingerprint density at radius 3 is 2.65 bits per heavy atom. The molecule has 0 spiro atoms. The van der Waals surface area contributed by atoms with Crippen molar-refractivity contribution in [1.82, 2.24) is 4.98 Å². The Labute approximate surface area is 119 Å². The number of aromatic nitrogens is 1. The molecule has 1 unspecified atom stereocenters. The van der Waals surface area contributed by atoms with Gasteiger partial charge in [0, 0.05) is 12.2 Å². The van der Waals surface area contributed by atoms with Crippen molar-refractivity contribution in [1.29, 1.82) is 5.26 Å². The van der Waals surface area contributed by atoms with Crippen molar-refractivity contribution in [3.63, 3.8) is 0 Å². The molecule has 0 aliphatic rings. The summed E-state index contributed by atoms with van der Waals surface area (Å²) in [6, 6.07) is 3.95. The Morgan fingerprint density at radius 1 is 1.50 bits per heavy atom. The van der Waals surface area contributed by atoms with Crippen LogP contribution in [0.4, 0.5) is 5.82 Å². The van der Waals surface area contributed by atoms with Gasteiger partial charge in [0.2, 0.25) is 0 Å². The number of anilines is 1. The molecule has 108 valence electrons. The molecule has 0 saturated carbocycles. The highest BCUT2D eigenvalue weighted by molar-refractivity contribution is 5.71. The molecule has 1 rings (SSSR count). The van der Waals surface area contributed by atoms with Gasteiger partial charge in [0.25, 0.3) is 0 Å². The van der Waals surface area contributed by atoms with Crippen LogP contribution in [0.15, 0.2) is 6.07 Å². The van der Waals surface area contributed by atoms with Gasteiger partial charge in [0.15, 0.2) is 0 Å². The number of carbonyl (C=O) groups is 1. The van der Waals surface area contributed by atoms with Crippen LogP contribution in [0.1, 0.15) is 37.1 Å². The van der Waals surface area contributed by atoms with Gasteiger partial charge in [-0.1, -0.05) is 13.8 Å². The van der Waals surface area contributed by atoms with E-state index in [9.17, 15) is 9.90 Å². The number of hydrogen-bond acceptors (Lipinski definition) is 4. The fourth-order valence-electron chi connectivity index (χ4n) is 2.17. The summed E-state index contributed by atoms with van der Waals surface area (Å²) in [5, 5.41) is 21.4. The average Bonchev–Trinajstić information content (AvgIpc) is 2.33. The highest BCUT2D eigenvalue weighted by Crippen LogP contribution is 2.19. The van der Waals surface area contributed by atoms with Gasteiger partial charge >= 0.3 is 5.97 Å². The van der Waals surface area contributed by atoms with Crippen molar-refractivity contribution in [2.45, 2.75) is 34.1 Å². The lowest BCUT2D eigenvalue weighted by Crippen LogP contribution is -2.25. The fraction of sp³-hybridized carbons (Fsp3) is 0.533. The first-order valence-corrected chi connectivity index (χ1v) is 6.70. The number of carboxylic acid groups (broad SMARTS) is 1. The second-order valence-electron chi connectivity index (χ2n) is 5.46. The number of nitrogens with one attached hydrogen (secondary N) is 1. The molecule has 5 heteroatoms. The Balaban J connectivity index is 2.88. The van der Waals surface area contributed by atoms with Crippen LogP contribution in [0, 0.1) is 37.0 Å². The maximum atomic E-state index is 11.2. The van der Waals surface area contributed by atoms with Crippen molar-refractivity contribution >= 4 is 11.8 Å². The van der Waals surface area contributed by atoms with E-state index >= 15 is 0 Å². The van der Waals surface area contributed by atoms with Crippen LogP contribution >= 0.6 is 0 Å². The molecule has 0 saturated heterocycles. The number of rotatable bonds is 6.